The molecule has 40 heavy (non-hydrogen) atoms. The highest BCUT2D eigenvalue weighted by molar-refractivity contribution is 5.94. The second-order valence-electron chi connectivity index (χ2n) is 12.8. The Morgan fingerprint density at radius 2 is 0.975 bits per heavy atom. The molecule has 3 nitrogen and oxygen atoms in total. The van der Waals surface area contributed by atoms with Gasteiger partial charge in [0.1, 0.15) is 17.3 Å². The average molecular weight is 527 g/mol. The maximum absolute atomic E-state index is 15.2. The Labute approximate surface area is 235 Å². The zero-order valence-electron chi connectivity index (χ0n) is 22.5. The van der Waals surface area contributed by atoms with Crippen molar-refractivity contribution in [3.05, 3.63) is 131 Å². The van der Waals surface area contributed by atoms with E-state index in [0.717, 1.165) is 47.9 Å². The molecule has 0 heterocycles. The fraction of sp³-hybridized carbons (Fsp3) is 0.324. The highest BCUT2D eigenvalue weighted by Crippen LogP contribution is 2.85. The molecule has 2 spiro atoms. The van der Waals surface area contributed by atoms with E-state index in [1.54, 1.807) is 12.1 Å². The zero-order chi connectivity index (χ0) is 27.1. The van der Waals surface area contributed by atoms with Crippen LogP contribution in [-0.4, -0.2) is 16.0 Å². The Hall–Kier alpha value is -3.85. The Morgan fingerprint density at radius 3 is 1.32 bits per heavy atom. The van der Waals surface area contributed by atoms with Gasteiger partial charge in [0.05, 0.1) is 0 Å². The summed E-state index contributed by atoms with van der Waals surface area (Å²) in [5, 5.41) is 20.6. The number of rotatable bonds is 8. The molecule has 6 atom stereocenters. The third kappa shape index (κ3) is 3.60. The van der Waals surface area contributed by atoms with Crippen LogP contribution in [0.2, 0.25) is 0 Å². The summed E-state index contributed by atoms with van der Waals surface area (Å²) >= 11 is 0. The van der Waals surface area contributed by atoms with Gasteiger partial charge in [-0.2, -0.15) is 0 Å². The van der Waals surface area contributed by atoms with E-state index < -0.39 is 0 Å². The molecule has 0 aromatic heterocycles. The molecular formula is C37H34O3. The highest BCUT2D eigenvalue weighted by Gasteiger charge is 2.77. The normalized spacial score (nSPS) is 27.6. The van der Waals surface area contributed by atoms with Crippen molar-refractivity contribution in [2.24, 2.45) is 22.7 Å². The van der Waals surface area contributed by atoms with Crippen molar-refractivity contribution in [1.29, 1.82) is 0 Å². The molecule has 0 radical (unpaired) electrons. The minimum absolute atomic E-state index is 0.163. The monoisotopic (exact) mass is 526 g/mol. The molecule has 4 aromatic carbocycles. The molecule has 0 aliphatic heterocycles. The Balaban J connectivity index is 1.23. The first-order valence-electron chi connectivity index (χ1n) is 14.7. The predicted octanol–water partition coefficient (Wildman–Crippen LogP) is 7.92. The van der Waals surface area contributed by atoms with E-state index in [9.17, 15) is 10.2 Å². The molecule has 0 saturated heterocycles. The molecule has 4 aliphatic rings. The van der Waals surface area contributed by atoms with E-state index in [1.807, 2.05) is 36.4 Å². The summed E-state index contributed by atoms with van der Waals surface area (Å²) in [6.07, 6.45) is 4.57. The van der Waals surface area contributed by atoms with E-state index in [4.69, 9.17) is 0 Å². The summed E-state index contributed by atoms with van der Waals surface area (Å²) < 4.78 is 0. The minimum atomic E-state index is -0.192. The van der Waals surface area contributed by atoms with E-state index in [0.29, 0.717) is 29.1 Å². The van der Waals surface area contributed by atoms with Gasteiger partial charge in [-0.3, -0.25) is 4.79 Å². The van der Waals surface area contributed by atoms with Crippen LogP contribution < -0.4 is 0 Å². The van der Waals surface area contributed by atoms with Crippen LogP contribution >= 0.6 is 0 Å². The predicted molar refractivity (Wildman–Crippen MR) is 155 cm³/mol. The Kier molecular flexibility index (Phi) is 5.14. The van der Waals surface area contributed by atoms with E-state index >= 15 is 4.79 Å². The Bertz CT molecular complexity index is 1470. The first kappa shape index (κ1) is 24.0. The fourth-order valence-corrected chi connectivity index (χ4v) is 8.80. The van der Waals surface area contributed by atoms with Crippen molar-refractivity contribution in [2.75, 3.05) is 0 Å². The van der Waals surface area contributed by atoms with Gasteiger partial charge in [0.2, 0.25) is 0 Å². The van der Waals surface area contributed by atoms with Crippen LogP contribution in [0, 0.1) is 22.7 Å². The molecule has 0 bridgehead atoms. The lowest BCUT2D eigenvalue weighted by Crippen LogP contribution is -2.26. The molecule has 200 valence electrons. The first-order chi connectivity index (χ1) is 19.5. The summed E-state index contributed by atoms with van der Waals surface area (Å²) in [7, 11) is 0. The quantitative estimate of drug-likeness (QED) is 0.245. The van der Waals surface area contributed by atoms with E-state index in [2.05, 4.69) is 60.7 Å². The van der Waals surface area contributed by atoms with Crippen LogP contribution in [0.25, 0.3) is 0 Å². The zero-order valence-corrected chi connectivity index (χ0v) is 22.5. The number of hydrogen-bond acceptors (Lipinski definition) is 3. The summed E-state index contributed by atoms with van der Waals surface area (Å²) in [5.74, 6) is 1.62. The summed E-state index contributed by atoms with van der Waals surface area (Å²) in [6, 6.07) is 36.3. The number of phenols is 2. The van der Waals surface area contributed by atoms with Crippen LogP contribution in [0.4, 0.5) is 0 Å². The second kappa shape index (κ2) is 8.57. The number of ketones is 1. The SMILES string of the molecule is O=C(C(c1ccccc1)C1C(c2cccc(O)c2)C12CC2)C(c1ccccc1)C1C(c2cccc(O)c2)C12CC2. The lowest BCUT2D eigenvalue weighted by molar-refractivity contribution is -0.123. The number of hydrogen-bond donors (Lipinski definition) is 2. The molecule has 4 aliphatic carbocycles. The number of Topliss-reactive ketones (excluding diaryl/α,β-unsaturated/α-hetero) is 1. The van der Waals surface area contributed by atoms with Gasteiger partial charge in [-0.05, 0) is 107 Å². The lowest BCUT2D eigenvalue weighted by Gasteiger charge is -2.25. The topological polar surface area (TPSA) is 57.5 Å². The number of benzene rings is 4. The van der Waals surface area contributed by atoms with Gasteiger partial charge < -0.3 is 10.2 Å². The second-order valence-corrected chi connectivity index (χ2v) is 12.8. The molecule has 4 saturated carbocycles. The van der Waals surface area contributed by atoms with Crippen molar-refractivity contribution >= 4 is 5.78 Å². The molecule has 0 amide bonds. The Morgan fingerprint density at radius 1 is 0.575 bits per heavy atom. The first-order valence-corrected chi connectivity index (χ1v) is 14.7. The van der Waals surface area contributed by atoms with E-state index in [1.165, 1.54) is 0 Å². The average Bonchev–Trinajstić information content (AvgIpc) is 3.85. The third-order valence-electron chi connectivity index (χ3n) is 10.8. The highest BCUT2D eigenvalue weighted by atomic mass is 16.3. The summed E-state index contributed by atoms with van der Waals surface area (Å²) in [5.41, 5.74) is 4.89. The van der Waals surface area contributed by atoms with Crippen molar-refractivity contribution < 1.29 is 15.0 Å². The van der Waals surface area contributed by atoms with Gasteiger partial charge in [-0.1, -0.05) is 84.9 Å². The van der Waals surface area contributed by atoms with Crippen LogP contribution in [-0.2, 0) is 4.79 Å². The number of carbonyl (C=O) groups excluding carboxylic acids is 1. The summed E-state index contributed by atoms with van der Waals surface area (Å²) in [6.45, 7) is 0. The third-order valence-corrected chi connectivity index (χ3v) is 10.8. The largest absolute Gasteiger partial charge is 0.508 e. The lowest BCUT2D eigenvalue weighted by atomic mass is 9.76. The van der Waals surface area contributed by atoms with Gasteiger partial charge in [0, 0.05) is 11.8 Å². The number of carbonyl (C=O) groups is 1. The van der Waals surface area contributed by atoms with Gasteiger partial charge in [0.15, 0.2) is 0 Å². The van der Waals surface area contributed by atoms with Crippen LogP contribution in [0.1, 0.15) is 71.6 Å². The number of aromatic hydroxyl groups is 2. The van der Waals surface area contributed by atoms with Crippen LogP contribution in [0.3, 0.4) is 0 Å². The fourth-order valence-electron chi connectivity index (χ4n) is 8.80. The maximum atomic E-state index is 15.2. The van der Waals surface area contributed by atoms with Crippen LogP contribution in [0.15, 0.2) is 109 Å². The van der Waals surface area contributed by atoms with Gasteiger partial charge in [-0.15, -0.1) is 0 Å². The van der Waals surface area contributed by atoms with Crippen molar-refractivity contribution in [3.63, 3.8) is 0 Å². The van der Waals surface area contributed by atoms with Gasteiger partial charge in [-0.25, -0.2) is 0 Å². The summed E-state index contributed by atoms with van der Waals surface area (Å²) in [4.78, 5) is 15.2. The van der Waals surface area contributed by atoms with Gasteiger partial charge in [0.25, 0.3) is 0 Å². The minimum Gasteiger partial charge on any atom is -0.508 e. The number of phenolic OH excluding ortho intramolecular Hbond substituents is 2. The van der Waals surface area contributed by atoms with Crippen molar-refractivity contribution in [2.45, 2.75) is 49.4 Å². The molecule has 4 fully saturated rings. The van der Waals surface area contributed by atoms with Crippen molar-refractivity contribution in [3.8, 4) is 11.5 Å². The van der Waals surface area contributed by atoms with Gasteiger partial charge >= 0.3 is 0 Å². The molecule has 4 aromatic rings. The van der Waals surface area contributed by atoms with E-state index in [-0.39, 0.29) is 34.5 Å². The molecule has 3 heteroatoms. The molecule has 8 rings (SSSR count). The molecule has 2 N–H and O–H groups in total. The molecular weight excluding hydrogens is 492 g/mol. The van der Waals surface area contributed by atoms with Crippen molar-refractivity contribution in [1.82, 2.24) is 0 Å². The molecule has 6 unspecified atom stereocenters. The maximum Gasteiger partial charge on any atom is 0.148 e. The smallest absolute Gasteiger partial charge is 0.148 e. The standard InChI is InChI=1S/C37H34O3/c38-27-15-7-13-25(21-27)31-33(36(31)17-18-36)29(23-9-3-1-4-10-23)35(40)30(24-11-5-2-6-12-24)34-32(37(34)19-20-37)26-14-8-16-28(39)22-26/h1-16,21-22,29-34,38-39H,17-20H2. The van der Waals surface area contributed by atoms with Crippen LogP contribution in [0.5, 0.6) is 11.5 Å².